The average molecular weight is 475 g/mol. The maximum Gasteiger partial charge on any atom is 0.244 e. The highest BCUT2D eigenvalue weighted by atomic mass is 35.5. The molecule has 0 bridgehead atoms. The number of halogens is 1. The second kappa shape index (κ2) is 9.83. The number of para-hydroxylation sites is 1. The topological polar surface area (TPSA) is 126 Å². The summed E-state index contributed by atoms with van der Waals surface area (Å²) in [6.45, 7) is 3.79. The Balaban J connectivity index is 0.000000868. The molecule has 4 N–H and O–H groups in total. The average Bonchev–Trinajstić information content (AvgIpc) is 3.40. The highest BCUT2D eigenvalue weighted by Gasteiger charge is 2.39. The van der Waals surface area contributed by atoms with Crippen LogP contribution in [-0.2, 0) is 0 Å². The SMILES string of the molecule is CCO.Cc1nn(-c2ccccc2)c(Cl)c1C1C(C#N)=C(N)Oc2n[nH]c(-c3ccccc3)c21. The Morgan fingerprint density at radius 2 is 1.76 bits per heavy atom. The van der Waals surface area contributed by atoms with E-state index in [9.17, 15) is 5.26 Å². The molecule has 8 nitrogen and oxygen atoms in total. The number of nitrogens with two attached hydrogens (primary N) is 1. The van der Waals surface area contributed by atoms with Gasteiger partial charge in [0.1, 0.15) is 16.8 Å². The molecule has 0 spiro atoms. The van der Waals surface area contributed by atoms with Crippen molar-refractivity contribution in [2.24, 2.45) is 5.73 Å². The Kier molecular flexibility index (Phi) is 6.68. The summed E-state index contributed by atoms with van der Waals surface area (Å²) in [6, 6.07) is 21.5. The summed E-state index contributed by atoms with van der Waals surface area (Å²) in [5, 5.41) is 29.9. The van der Waals surface area contributed by atoms with E-state index in [1.165, 1.54) is 0 Å². The van der Waals surface area contributed by atoms with Crippen molar-refractivity contribution < 1.29 is 9.84 Å². The van der Waals surface area contributed by atoms with E-state index in [1.807, 2.05) is 67.6 Å². The smallest absolute Gasteiger partial charge is 0.244 e. The van der Waals surface area contributed by atoms with Crippen molar-refractivity contribution in [3.05, 3.63) is 94.1 Å². The lowest BCUT2D eigenvalue weighted by Crippen LogP contribution is -2.21. The molecule has 0 fully saturated rings. The minimum Gasteiger partial charge on any atom is -0.420 e. The third kappa shape index (κ3) is 4.03. The van der Waals surface area contributed by atoms with E-state index in [0.29, 0.717) is 27.9 Å². The monoisotopic (exact) mass is 474 g/mol. The third-order valence-electron chi connectivity index (χ3n) is 5.34. The largest absolute Gasteiger partial charge is 0.420 e. The number of aromatic amines is 1. The summed E-state index contributed by atoms with van der Waals surface area (Å²) in [4.78, 5) is 0. The number of nitrogens with zero attached hydrogens (tertiary/aromatic N) is 4. The predicted molar refractivity (Wildman–Crippen MR) is 129 cm³/mol. The van der Waals surface area contributed by atoms with E-state index < -0.39 is 5.92 Å². The van der Waals surface area contributed by atoms with Crippen LogP contribution in [-0.4, -0.2) is 31.7 Å². The van der Waals surface area contributed by atoms with Crippen LogP contribution in [0.5, 0.6) is 5.88 Å². The minimum atomic E-state index is -0.576. The fourth-order valence-corrected chi connectivity index (χ4v) is 4.32. The first-order valence-corrected chi connectivity index (χ1v) is 11.0. The van der Waals surface area contributed by atoms with E-state index in [0.717, 1.165) is 16.9 Å². The van der Waals surface area contributed by atoms with Gasteiger partial charge in [-0.05, 0) is 31.5 Å². The first kappa shape index (κ1) is 23.1. The molecule has 0 aliphatic carbocycles. The normalized spacial score (nSPS) is 14.5. The number of ether oxygens (including phenoxy) is 1. The number of fused-ring (bicyclic) bond motifs is 1. The number of rotatable bonds is 3. The van der Waals surface area contributed by atoms with E-state index in [-0.39, 0.29) is 18.1 Å². The van der Waals surface area contributed by atoms with Crippen molar-refractivity contribution in [2.75, 3.05) is 6.61 Å². The maximum absolute atomic E-state index is 9.95. The van der Waals surface area contributed by atoms with Gasteiger partial charge in [0.25, 0.3) is 0 Å². The summed E-state index contributed by atoms with van der Waals surface area (Å²) in [7, 11) is 0. The number of aryl methyl sites for hydroxylation is 1. The summed E-state index contributed by atoms with van der Waals surface area (Å²) < 4.78 is 7.34. The van der Waals surface area contributed by atoms with Crippen LogP contribution in [0, 0.1) is 18.3 Å². The number of H-pyrrole nitrogens is 1. The summed E-state index contributed by atoms with van der Waals surface area (Å²) in [5.74, 6) is -0.245. The zero-order valence-corrected chi connectivity index (χ0v) is 19.4. The van der Waals surface area contributed by atoms with Crippen LogP contribution in [0.3, 0.4) is 0 Å². The van der Waals surface area contributed by atoms with Crippen molar-refractivity contribution in [1.29, 1.82) is 5.26 Å². The Labute approximate surface area is 201 Å². The van der Waals surface area contributed by atoms with Crippen LogP contribution >= 0.6 is 11.6 Å². The fourth-order valence-electron chi connectivity index (χ4n) is 3.94. The van der Waals surface area contributed by atoms with Crippen molar-refractivity contribution >= 4 is 11.6 Å². The number of aromatic nitrogens is 4. The molecule has 0 saturated heterocycles. The quantitative estimate of drug-likeness (QED) is 0.403. The first-order chi connectivity index (χ1) is 16.5. The lowest BCUT2D eigenvalue weighted by Gasteiger charge is -2.24. The summed E-state index contributed by atoms with van der Waals surface area (Å²) in [6.07, 6.45) is 0. The first-order valence-electron chi connectivity index (χ1n) is 10.6. The maximum atomic E-state index is 9.95. The van der Waals surface area contributed by atoms with Crippen LogP contribution in [0.2, 0.25) is 5.15 Å². The molecule has 0 amide bonds. The van der Waals surface area contributed by atoms with Gasteiger partial charge < -0.3 is 15.6 Å². The van der Waals surface area contributed by atoms with Crippen molar-refractivity contribution in [1.82, 2.24) is 20.0 Å². The molecule has 0 radical (unpaired) electrons. The van der Waals surface area contributed by atoms with E-state index in [4.69, 9.17) is 27.2 Å². The molecule has 2 aromatic carbocycles. The fraction of sp³-hybridized carbons (Fsp3) is 0.160. The molecular formula is C25H23ClN6O2. The lowest BCUT2D eigenvalue weighted by atomic mass is 9.83. The highest BCUT2D eigenvalue weighted by Crippen LogP contribution is 2.48. The third-order valence-corrected chi connectivity index (χ3v) is 5.70. The van der Waals surface area contributed by atoms with Crippen molar-refractivity contribution in [3.63, 3.8) is 0 Å². The number of benzene rings is 2. The van der Waals surface area contributed by atoms with Crippen LogP contribution in [0.25, 0.3) is 16.9 Å². The van der Waals surface area contributed by atoms with Crippen LogP contribution in [0.4, 0.5) is 0 Å². The Morgan fingerprint density at radius 1 is 1.15 bits per heavy atom. The Hall–Kier alpha value is -4.06. The number of hydrogen-bond acceptors (Lipinski definition) is 6. The van der Waals surface area contributed by atoms with Crippen molar-refractivity contribution in [2.45, 2.75) is 19.8 Å². The number of nitriles is 1. The Bertz CT molecular complexity index is 1370. The molecule has 2 aromatic heterocycles. The molecule has 9 heteroatoms. The standard InChI is InChI=1S/C23H17ClN6O.C2H6O/c1-13-17(21(24)30(29-13)15-10-6-3-7-11-15)18-16(12-25)22(26)31-23-19(18)20(27-28-23)14-8-4-2-5-9-14;1-2-3/h2-11,18H,26H2,1H3,(H,27,28);3H,2H2,1H3. The second-order valence-corrected chi connectivity index (χ2v) is 7.82. The highest BCUT2D eigenvalue weighted by molar-refractivity contribution is 6.30. The van der Waals surface area contributed by atoms with Gasteiger partial charge >= 0.3 is 0 Å². The molecule has 1 atom stereocenters. The minimum absolute atomic E-state index is 0.00837. The van der Waals surface area contributed by atoms with Gasteiger partial charge in [0, 0.05) is 12.2 Å². The number of aliphatic hydroxyl groups is 1. The zero-order valence-electron chi connectivity index (χ0n) is 18.7. The molecule has 3 heterocycles. The van der Waals surface area contributed by atoms with Gasteiger partial charge in [-0.2, -0.15) is 10.4 Å². The summed E-state index contributed by atoms with van der Waals surface area (Å²) in [5.41, 5.74) is 10.9. The molecule has 34 heavy (non-hydrogen) atoms. The van der Waals surface area contributed by atoms with Gasteiger partial charge in [-0.25, -0.2) is 4.68 Å². The van der Waals surface area contributed by atoms with Crippen LogP contribution in [0.1, 0.15) is 29.7 Å². The van der Waals surface area contributed by atoms with Crippen LogP contribution < -0.4 is 10.5 Å². The van der Waals surface area contributed by atoms with Crippen molar-refractivity contribution in [3.8, 4) is 28.9 Å². The lowest BCUT2D eigenvalue weighted by molar-refractivity contribution is 0.318. The second-order valence-electron chi connectivity index (χ2n) is 7.46. The number of nitrogens with one attached hydrogen (secondary N) is 1. The van der Waals surface area contributed by atoms with Gasteiger partial charge in [-0.1, -0.05) is 60.1 Å². The van der Waals surface area contributed by atoms with Gasteiger partial charge in [0.15, 0.2) is 0 Å². The predicted octanol–water partition coefficient (Wildman–Crippen LogP) is 4.44. The van der Waals surface area contributed by atoms with Gasteiger partial charge in [-0.15, -0.1) is 5.10 Å². The molecular weight excluding hydrogens is 452 g/mol. The molecule has 4 aromatic rings. The molecule has 172 valence electrons. The molecule has 1 unspecified atom stereocenters. The number of allylic oxidation sites excluding steroid dienone is 1. The van der Waals surface area contributed by atoms with Gasteiger partial charge in [0.2, 0.25) is 11.8 Å². The summed E-state index contributed by atoms with van der Waals surface area (Å²) >= 11 is 6.86. The van der Waals surface area contributed by atoms with Gasteiger partial charge in [0.05, 0.1) is 28.6 Å². The molecule has 1 aliphatic heterocycles. The molecule has 1 aliphatic rings. The molecule has 5 rings (SSSR count). The number of aliphatic hydroxyl groups excluding tert-OH is 1. The molecule has 0 saturated carbocycles. The van der Waals surface area contributed by atoms with Gasteiger partial charge in [-0.3, -0.25) is 5.10 Å². The van der Waals surface area contributed by atoms with E-state index >= 15 is 0 Å². The zero-order chi connectivity index (χ0) is 24.2. The van der Waals surface area contributed by atoms with E-state index in [1.54, 1.807) is 11.6 Å². The van der Waals surface area contributed by atoms with Crippen LogP contribution in [0.15, 0.2) is 72.1 Å². The number of hydrogen-bond donors (Lipinski definition) is 3. The van der Waals surface area contributed by atoms with E-state index in [2.05, 4.69) is 21.4 Å². The Morgan fingerprint density at radius 3 is 2.38 bits per heavy atom.